The molecule has 0 spiro atoms. The molecule has 1 aliphatic rings. The third-order valence-electron chi connectivity index (χ3n) is 3.92. The SMILES string of the molecule is FC(F)(F)c1ccnc(N2CCN(Cc3ccncc3)CC2)c1. The van der Waals surface area contributed by atoms with E-state index in [-0.39, 0.29) is 0 Å². The summed E-state index contributed by atoms with van der Waals surface area (Å²) in [4.78, 5) is 12.3. The number of pyridine rings is 2. The Labute approximate surface area is 132 Å². The number of hydrogen-bond donors (Lipinski definition) is 0. The van der Waals surface area contributed by atoms with Crippen LogP contribution in [0.1, 0.15) is 11.1 Å². The highest BCUT2D eigenvalue weighted by Gasteiger charge is 2.31. The standard InChI is InChI=1S/C16H17F3N4/c17-16(18,19)14-3-6-21-15(11-14)23-9-7-22(8-10-23)12-13-1-4-20-5-2-13/h1-6,11H,7-10,12H2. The van der Waals surface area contributed by atoms with Crippen molar-refractivity contribution in [1.82, 2.24) is 14.9 Å². The van der Waals surface area contributed by atoms with Crippen molar-refractivity contribution in [1.29, 1.82) is 0 Å². The Hall–Kier alpha value is -2.15. The number of aromatic nitrogens is 2. The third-order valence-corrected chi connectivity index (χ3v) is 3.92. The van der Waals surface area contributed by atoms with E-state index in [9.17, 15) is 13.2 Å². The van der Waals surface area contributed by atoms with Gasteiger partial charge in [-0.15, -0.1) is 0 Å². The molecule has 3 rings (SSSR count). The van der Waals surface area contributed by atoms with Gasteiger partial charge in [0.2, 0.25) is 0 Å². The summed E-state index contributed by atoms with van der Waals surface area (Å²) < 4.78 is 38.3. The van der Waals surface area contributed by atoms with E-state index in [0.29, 0.717) is 18.9 Å². The molecule has 2 aromatic rings. The molecule has 1 saturated heterocycles. The minimum absolute atomic E-state index is 0.392. The lowest BCUT2D eigenvalue weighted by molar-refractivity contribution is -0.137. The second-order valence-electron chi connectivity index (χ2n) is 5.52. The highest BCUT2D eigenvalue weighted by Crippen LogP contribution is 2.30. The van der Waals surface area contributed by atoms with Crippen LogP contribution in [-0.2, 0) is 12.7 Å². The van der Waals surface area contributed by atoms with Crippen molar-refractivity contribution < 1.29 is 13.2 Å². The quantitative estimate of drug-likeness (QED) is 0.870. The summed E-state index contributed by atoms with van der Waals surface area (Å²) in [5.41, 5.74) is 0.535. The Bertz CT molecular complexity index is 637. The summed E-state index contributed by atoms with van der Waals surface area (Å²) >= 11 is 0. The van der Waals surface area contributed by atoms with E-state index < -0.39 is 11.7 Å². The van der Waals surface area contributed by atoms with Crippen molar-refractivity contribution in [2.45, 2.75) is 12.7 Å². The smallest absolute Gasteiger partial charge is 0.354 e. The van der Waals surface area contributed by atoms with Crippen LogP contribution in [0.4, 0.5) is 19.0 Å². The molecule has 0 N–H and O–H groups in total. The molecular formula is C16H17F3N4. The molecule has 0 amide bonds. The molecule has 0 aromatic carbocycles. The topological polar surface area (TPSA) is 32.3 Å². The molecule has 0 radical (unpaired) electrons. The molecular weight excluding hydrogens is 305 g/mol. The average molecular weight is 322 g/mol. The van der Waals surface area contributed by atoms with Gasteiger partial charge >= 0.3 is 6.18 Å². The summed E-state index contributed by atoms with van der Waals surface area (Å²) in [5, 5.41) is 0. The predicted molar refractivity (Wildman–Crippen MR) is 81.0 cm³/mol. The molecule has 0 aliphatic carbocycles. The number of alkyl halides is 3. The van der Waals surface area contributed by atoms with Crippen LogP contribution in [0.3, 0.4) is 0 Å². The van der Waals surface area contributed by atoms with E-state index in [2.05, 4.69) is 14.9 Å². The number of hydrogen-bond acceptors (Lipinski definition) is 4. The van der Waals surface area contributed by atoms with E-state index in [1.165, 1.54) is 11.8 Å². The van der Waals surface area contributed by atoms with Gasteiger partial charge < -0.3 is 4.90 Å². The Kier molecular flexibility index (Phi) is 4.47. The maximum atomic E-state index is 12.8. The average Bonchev–Trinajstić information content (AvgIpc) is 2.56. The lowest BCUT2D eigenvalue weighted by Gasteiger charge is -2.35. The highest BCUT2D eigenvalue weighted by molar-refractivity contribution is 5.42. The van der Waals surface area contributed by atoms with Crippen molar-refractivity contribution in [3.63, 3.8) is 0 Å². The summed E-state index contributed by atoms with van der Waals surface area (Å²) in [7, 11) is 0. The molecule has 3 heterocycles. The van der Waals surface area contributed by atoms with Crippen molar-refractivity contribution in [2.75, 3.05) is 31.1 Å². The summed E-state index contributed by atoms with van der Waals surface area (Å²) in [6, 6.07) is 6.07. The molecule has 7 heteroatoms. The molecule has 0 atom stereocenters. The first-order valence-electron chi connectivity index (χ1n) is 7.42. The van der Waals surface area contributed by atoms with E-state index >= 15 is 0 Å². The van der Waals surface area contributed by atoms with Gasteiger partial charge in [0.1, 0.15) is 5.82 Å². The molecule has 1 fully saturated rings. The van der Waals surface area contributed by atoms with Crippen molar-refractivity contribution in [2.24, 2.45) is 0 Å². The van der Waals surface area contributed by atoms with Crippen molar-refractivity contribution in [3.8, 4) is 0 Å². The molecule has 0 unspecified atom stereocenters. The lowest BCUT2D eigenvalue weighted by Crippen LogP contribution is -2.46. The van der Waals surface area contributed by atoms with Gasteiger partial charge in [0, 0.05) is 51.3 Å². The number of rotatable bonds is 3. The van der Waals surface area contributed by atoms with Gasteiger partial charge in [-0.2, -0.15) is 13.2 Å². The van der Waals surface area contributed by atoms with Crippen LogP contribution in [-0.4, -0.2) is 41.0 Å². The zero-order chi connectivity index (χ0) is 16.3. The second-order valence-corrected chi connectivity index (χ2v) is 5.52. The molecule has 122 valence electrons. The maximum absolute atomic E-state index is 12.8. The molecule has 0 bridgehead atoms. The molecule has 23 heavy (non-hydrogen) atoms. The molecule has 1 aliphatic heterocycles. The van der Waals surface area contributed by atoms with Gasteiger partial charge in [0.25, 0.3) is 0 Å². The van der Waals surface area contributed by atoms with Crippen LogP contribution in [0.2, 0.25) is 0 Å². The normalized spacial score (nSPS) is 16.6. The van der Waals surface area contributed by atoms with E-state index in [1.54, 1.807) is 12.4 Å². The van der Waals surface area contributed by atoms with Gasteiger partial charge in [-0.1, -0.05) is 0 Å². The van der Waals surface area contributed by atoms with Gasteiger partial charge in [0.05, 0.1) is 5.56 Å². The van der Waals surface area contributed by atoms with Crippen molar-refractivity contribution in [3.05, 3.63) is 54.0 Å². The number of piperazine rings is 1. The predicted octanol–water partition coefficient (Wildman–Crippen LogP) is 2.82. The number of anilines is 1. The molecule has 2 aromatic heterocycles. The Balaban J connectivity index is 1.61. The van der Waals surface area contributed by atoms with Crippen LogP contribution >= 0.6 is 0 Å². The number of nitrogens with zero attached hydrogens (tertiary/aromatic N) is 4. The van der Waals surface area contributed by atoms with Crippen LogP contribution < -0.4 is 4.90 Å². The zero-order valence-corrected chi connectivity index (χ0v) is 12.5. The Morgan fingerprint density at radius 1 is 0.957 bits per heavy atom. The van der Waals surface area contributed by atoms with Crippen molar-refractivity contribution >= 4 is 5.82 Å². The van der Waals surface area contributed by atoms with Crippen LogP contribution in [0.25, 0.3) is 0 Å². The second kappa shape index (κ2) is 6.54. The zero-order valence-electron chi connectivity index (χ0n) is 12.5. The highest BCUT2D eigenvalue weighted by atomic mass is 19.4. The fraction of sp³-hybridized carbons (Fsp3) is 0.375. The van der Waals surface area contributed by atoms with E-state index in [4.69, 9.17) is 0 Å². The van der Waals surface area contributed by atoms with Gasteiger partial charge in [0.15, 0.2) is 0 Å². The first kappa shape index (κ1) is 15.7. The van der Waals surface area contributed by atoms with Gasteiger partial charge in [-0.05, 0) is 29.8 Å². The maximum Gasteiger partial charge on any atom is 0.416 e. The first-order valence-corrected chi connectivity index (χ1v) is 7.42. The summed E-state index contributed by atoms with van der Waals surface area (Å²) in [6.07, 6.45) is 0.415. The Morgan fingerprint density at radius 2 is 1.65 bits per heavy atom. The largest absolute Gasteiger partial charge is 0.416 e. The minimum Gasteiger partial charge on any atom is -0.354 e. The van der Waals surface area contributed by atoms with E-state index in [0.717, 1.165) is 31.8 Å². The summed E-state index contributed by atoms with van der Waals surface area (Å²) in [6.45, 7) is 3.74. The van der Waals surface area contributed by atoms with Crippen LogP contribution in [0, 0.1) is 0 Å². The fourth-order valence-corrected chi connectivity index (χ4v) is 2.65. The summed E-state index contributed by atoms with van der Waals surface area (Å²) in [5.74, 6) is 0.392. The Morgan fingerprint density at radius 3 is 2.30 bits per heavy atom. The van der Waals surface area contributed by atoms with E-state index in [1.807, 2.05) is 17.0 Å². The lowest BCUT2D eigenvalue weighted by atomic mass is 10.2. The third kappa shape index (κ3) is 3.98. The molecule has 0 saturated carbocycles. The first-order chi connectivity index (χ1) is 11.0. The van der Waals surface area contributed by atoms with Gasteiger partial charge in [-0.3, -0.25) is 9.88 Å². The van der Waals surface area contributed by atoms with Crippen LogP contribution in [0.5, 0.6) is 0 Å². The molecule has 4 nitrogen and oxygen atoms in total. The monoisotopic (exact) mass is 322 g/mol. The number of halogens is 3. The minimum atomic E-state index is -4.33. The van der Waals surface area contributed by atoms with Crippen LogP contribution in [0.15, 0.2) is 42.9 Å². The fourth-order valence-electron chi connectivity index (χ4n) is 2.65. The van der Waals surface area contributed by atoms with Gasteiger partial charge in [-0.25, -0.2) is 4.98 Å².